The van der Waals surface area contributed by atoms with E-state index in [9.17, 15) is 0 Å². The van der Waals surface area contributed by atoms with Gasteiger partial charge in [0.05, 0.1) is 11.7 Å². The highest BCUT2D eigenvalue weighted by Gasteiger charge is 2.33. The Bertz CT molecular complexity index is 787. The topological polar surface area (TPSA) is 76.3 Å². The minimum atomic E-state index is 0.137. The van der Waals surface area contributed by atoms with Crippen LogP contribution in [0.4, 0.5) is 5.82 Å². The minimum Gasteiger partial charge on any atom is -0.378 e. The highest BCUT2D eigenvalue weighted by molar-refractivity contribution is 5.71. The van der Waals surface area contributed by atoms with Crippen molar-refractivity contribution in [1.29, 1.82) is 0 Å². The van der Waals surface area contributed by atoms with Crippen LogP contribution >= 0.6 is 0 Å². The number of nitrogens with one attached hydrogen (secondary N) is 1. The molecule has 1 saturated heterocycles. The lowest BCUT2D eigenvalue weighted by atomic mass is 9.92. The van der Waals surface area contributed by atoms with Crippen LogP contribution in [0.3, 0.4) is 0 Å². The molecule has 0 unspecified atom stereocenters. The lowest BCUT2D eigenvalue weighted by Gasteiger charge is -2.41. The van der Waals surface area contributed by atoms with E-state index < -0.39 is 0 Å². The van der Waals surface area contributed by atoms with Gasteiger partial charge in [0.25, 0.3) is 0 Å². The van der Waals surface area contributed by atoms with Gasteiger partial charge in [-0.25, -0.2) is 4.98 Å². The maximum Gasteiger partial charge on any atom is 0.223 e. The molecule has 0 amide bonds. The average Bonchev–Trinajstić information content (AvgIpc) is 3.15. The fourth-order valence-corrected chi connectivity index (χ4v) is 4.48. The Morgan fingerprint density at radius 3 is 2.64 bits per heavy atom. The molecule has 3 heterocycles. The Kier molecular flexibility index (Phi) is 5.92. The van der Waals surface area contributed by atoms with Crippen LogP contribution in [-0.4, -0.2) is 53.5 Å². The monoisotopic (exact) mass is 385 g/mol. The van der Waals surface area contributed by atoms with E-state index in [4.69, 9.17) is 14.2 Å². The maximum atomic E-state index is 5.90. The summed E-state index contributed by atoms with van der Waals surface area (Å²) in [4.78, 5) is 11.5. The van der Waals surface area contributed by atoms with E-state index in [1.165, 1.54) is 32.1 Å². The second-order valence-electron chi connectivity index (χ2n) is 8.08. The minimum absolute atomic E-state index is 0.137. The summed E-state index contributed by atoms with van der Waals surface area (Å²) in [5, 5.41) is 7.99. The molecule has 2 aromatic rings. The van der Waals surface area contributed by atoms with Gasteiger partial charge in [-0.05, 0) is 38.3 Å². The molecule has 0 bridgehead atoms. The summed E-state index contributed by atoms with van der Waals surface area (Å²) in [6.45, 7) is 5.56. The molecule has 7 heteroatoms. The normalized spacial score (nSPS) is 23.9. The predicted octanol–water partition coefficient (Wildman–Crippen LogP) is 3.26. The van der Waals surface area contributed by atoms with Crippen LogP contribution in [0.1, 0.15) is 50.1 Å². The van der Waals surface area contributed by atoms with Crippen LogP contribution < -0.4 is 10.2 Å². The Morgan fingerprint density at radius 2 is 1.93 bits per heavy atom. The zero-order chi connectivity index (χ0) is 19.5. The lowest BCUT2D eigenvalue weighted by molar-refractivity contribution is 0.0534. The second kappa shape index (κ2) is 8.57. The fraction of sp³-hybridized carbons (Fsp3) is 0.667. The van der Waals surface area contributed by atoms with Gasteiger partial charge in [0, 0.05) is 44.9 Å². The zero-order valence-electron chi connectivity index (χ0n) is 17.1. The molecule has 0 spiro atoms. The summed E-state index contributed by atoms with van der Waals surface area (Å²) < 4.78 is 11.1. The zero-order valence-corrected chi connectivity index (χ0v) is 17.1. The van der Waals surface area contributed by atoms with Crippen molar-refractivity contribution in [3.05, 3.63) is 23.7 Å². The van der Waals surface area contributed by atoms with Crippen molar-refractivity contribution in [2.45, 2.75) is 70.6 Å². The Morgan fingerprint density at radius 1 is 1.11 bits per heavy atom. The summed E-state index contributed by atoms with van der Waals surface area (Å²) >= 11 is 0. The van der Waals surface area contributed by atoms with Crippen LogP contribution in [0, 0.1) is 13.8 Å². The molecule has 28 heavy (non-hydrogen) atoms. The van der Waals surface area contributed by atoms with Gasteiger partial charge in [0.1, 0.15) is 5.82 Å². The van der Waals surface area contributed by atoms with Crippen molar-refractivity contribution in [3.63, 3.8) is 0 Å². The van der Waals surface area contributed by atoms with Crippen molar-refractivity contribution in [2.24, 2.45) is 0 Å². The molecule has 2 fully saturated rings. The summed E-state index contributed by atoms with van der Waals surface area (Å²) in [7, 11) is 1.82. The van der Waals surface area contributed by atoms with E-state index in [0.717, 1.165) is 36.6 Å². The number of aromatic nitrogens is 3. The van der Waals surface area contributed by atoms with Crippen LogP contribution in [0.5, 0.6) is 0 Å². The molecular formula is C21H31N5O2. The third-order valence-electron chi connectivity index (χ3n) is 6.00. The van der Waals surface area contributed by atoms with E-state index in [0.29, 0.717) is 23.8 Å². The highest BCUT2D eigenvalue weighted by Crippen LogP contribution is 2.30. The molecule has 1 N–H and O–H groups in total. The molecule has 4 rings (SSSR count). The second-order valence-corrected chi connectivity index (χ2v) is 8.08. The van der Waals surface area contributed by atoms with E-state index in [1.807, 2.05) is 26.2 Å². The van der Waals surface area contributed by atoms with Gasteiger partial charge >= 0.3 is 0 Å². The van der Waals surface area contributed by atoms with Crippen molar-refractivity contribution < 1.29 is 9.26 Å². The van der Waals surface area contributed by atoms with Crippen LogP contribution in [0.25, 0.3) is 11.4 Å². The van der Waals surface area contributed by atoms with Crippen molar-refractivity contribution in [1.82, 2.24) is 20.4 Å². The Labute approximate surface area is 166 Å². The van der Waals surface area contributed by atoms with Crippen LogP contribution in [-0.2, 0) is 4.74 Å². The first kappa shape index (κ1) is 19.3. The molecule has 1 aliphatic heterocycles. The first-order chi connectivity index (χ1) is 13.6. The molecule has 2 aliphatic rings. The molecule has 1 saturated carbocycles. The number of rotatable bonds is 5. The van der Waals surface area contributed by atoms with Gasteiger partial charge in [-0.15, -0.1) is 0 Å². The van der Waals surface area contributed by atoms with E-state index in [-0.39, 0.29) is 6.10 Å². The number of anilines is 1. The maximum absolute atomic E-state index is 5.90. The molecule has 0 radical (unpaired) electrons. The third kappa shape index (κ3) is 4.20. The number of hydrogen-bond donors (Lipinski definition) is 1. The number of pyridine rings is 1. The summed E-state index contributed by atoms with van der Waals surface area (Å²) in [6, 6.07) is 5.06. The van der Waals surface area contributed by atoms with E-state index >= 15 is 0 Å². The SMILES string of the molecule is CO[C@H]1CN(c2nc(C)ccc2-c2noc(C)n2)CC[C@H]1NC1CCCCC1. The standard InChI is InChI=1S/C21H31N5O2/c1-14-9-10-17(20-23-15(2)28-25-20)21(22-14)26-12-11-18(19(13-26)27-3)24-16-7-5-4-6-8-16/h9-10,16,18-19,24H,4-8,11-13H2,1-3H3/t18-,19+/m1/s1. The number of piperidine rings is 1. The molecule has 1 aliphatic carbocycles. The number of ether oxygens (including phenoxy) is 1. The third-order valence-corrected chi connectivity index (χ3v) is 6.00. The van der Waals surface area contributed by atoms with Crippen molar-refractivity contribution >= 4 is 5.82 Å². The van der Waals surface area contributed by atoms with Crippen molar-refractivity contribution in [3.8, 4) is 11.4 Å². The quantitative estimate of drug-likeness (QED) is 0.846. The molecule has 2 aromatic heterocycles. The number of hydrogen-bond acceptors (Lipinski definition) is 7. The van der Waals surface area contributed by atoms with Crippen LogP contribution in [0.15, 0.2) is 16.7 Å². The van der Waals surface area contributed by atoms with Gasteiger partial charge in [-0.1, -0.05) is 24.4 Å². The molecule has 152 valence electrons. The lowest BCUT2D eigenvalue weighted by Crippen LogP contribution is -2.56. The van der Waals surface area contributed by atoms with Gasteiger partial charge in [-0.2, -0.15) is 4.98 Å². The summed E-state index contributed by atoms with van der Waals surface area (Å²) in [5.74, 6) is 2.07. The molecule has 0 aromatic carbocycles. The Balaban J connectivity index is 1.52. The smallest absolute Gasteiger partial charge is 0.223 e. The Hall–Kier alpha value is -1.99. The summed E-state index contributed by atoms with van der Waals surface area (Å²) in [6.07, 6.45) is 7.81. The van der Waals surface area contributed by atoms with Crippen molar-refractivity contribution in [2.75, 3.05) is 25.1 Å². The number of nitrogens with zero attached hydrogens (tertiary/aromatic N) is 4. The predicted molar refractivity (Wildman–Crippen MR) is 108 cm³/mol. The van der Waals surface area contributed by atoms with Gasteiger partial charge in [0.2, 0.25) is 11.7 Å². The van der Waals surface area contributed by atoms with Gasteiger partial charge in [0.15, 0.2) is 0 Å². The first-order valence-electron chi connectivity index (χ1n) is 10.5. The highest BCUT2D eigenvalue weighted by atomic mass is 16.5. The molecular weight excluding hydrogens is 354 g/mol. The average molecular weight is 386 g/mol. The molecule has 2 atom stereocenters. The van der Waals surface area contributed by atoms with Crippen LogP contribution in [0.2, 0.25) is 0 Å². The van der Waals surface area contributed by atoms with Gasteiger partial charge in [-0.3, -0.25) is 0 Å². The fourth-order valence-electron chi connectivity index (χ4n) is 4.48. The first-order valence-corrected chi connectivity index (χ1v) is 10.5. The number of methoxy groups -OCH3 is 1. The van der Waals surface area contributed by atoms with E-state index in [1.54, 1.807) is 6.92 Å². The molecule has 7 nitrogen and oxygen atoms in total. The van der Waals surface area contributed by atoms with Gasteiger partial charge < -0.3 is 19.5 Å². The number of aryl methyl sites for hydroxylation is 2. The largest absolute Gasteiger partial charge is 0.378 e. The van der Waals surface area contributed by atoms with E-state index in [2.05, 4.69) is 20.4 Å². The summed E-state index contributed by atoms with van der Waals surface area (Å²) in [5.41, 5.74) is 1.89.